The Kier molecular flexibility index (Phi) is 11.0. The Bertz CT molecular complexity index is 652. The standard InChI is InChI=1S/C26H42N2O2/c1-4-6-8-14-20-28(26(30)23-18-13-12-15-21(23)3)24(22-16-10-9-11-17-22)25(29)27-19-7-5-2/h12-13,15,18,22,24H,4-11,14,16-17,19-20H2,1-3H3,(H,27,29). The highest BCUT2D eigenvalue weighted by Gasteiger charge is 2.37. The minimum atomic E-state index is -0.351. The number of hydrogen-bond acceptors (Lipinski definition) is 2. The van der Waals surface area contributed by atoms with E-state index >= 15 is 0 Å². The molecule has 0 saturated heterocycles. The number of carbonyl (C=O) groups is 2. The Morgan fingerprint density at radius 2 is 1.70 bits per heavy atom. The number of nitrogens with one attached hydrogen (secondary N) is 1. The van der Waals surface area contributed by atoms with Crippen LogP contribution in [0.3, 0.4) is 0 Å². The van der Waals surface area contributed by atoms with Gasteiger partial charge >= 0.3 is 0 Å². The SMILES string of the molecule is CCCCCCN(C(=O)c1ccccc1C)C(C(=O)NCCCC)C1CCCCC1. The summed E-state index contributed by atoms with van der Waals surface area (Å²) >= 11 is 0. The molecule has 30 heavy (non-hydrogen) atoms. The van der Waals surface area contributed by atoms with E-state index in [-0.39, 0.29) is 23.8 Å². The van der Waals surface area contributed by atoms with Crippen LogP contribution in [0.25, 0.3) is 0 Å². The Balaban J connectivity index is 2.30. The van der Waals surface area contributed by atoms with Gasteiger partial charge in [0.05, 0.1) is 0 Å². The average Bonchev–Trinajstić information content (AvgIpc) is 2.76. The first kappa shape index (κ1) is 24.4. The maximum Gasteiger partial charge on any atom is 0.254 e. The summed E-state index contributed by atoms with van der Waals surface area (Å²) in [6, 6.07) is 7.43. The first-order chi connectivity index (χ1) is 14.6. The van der Waals surface area contributed by atoms with E-state index in [1.165, 1.54) is 12.8 Å². The summed E-state index contributed by atoms with van der Waals surface area (Å²) in [6.45, 7) is 7.67. The maximum atomic E-state index is 13.7. The Morgan fingerprint density at radius 1 is 1.00 bits per heavy atom. The first-order valence-corrected chi connectivity index (χ1v) is 12.2. The second-order valence-corrected chi connectivity index (χ2v) is 8.86. The van der Waals surface area contributed by atoms with Crippen LogP contribution in [-0.4, -0.2) is 35.8 Å². The molecule has 0 bridgehead atoms. The summed E-state index contributed by atoms with van der Waals surface area (Å²) in [6.07, 6.45) is 12.1. The number of benzene rings is 1. The van der Waals surface area contributed by atoms with Gasteiger partial charge in [-0.15, -0.1) is 0 Å². The molecule has 2 rings (SSSR count). The number of hydrogen-bond donors (Lipinski definition) is 1. The van der Waals surface area contributed by atoms with Crippen LogP contribution < -0.4 is 5.32 Å². The van der Waals surface area contributed by atoms with Gasteiger partial charge in [-0.05, 0) is 50.2 Å². The van der Waals surface area contributed by atoms with Crippen molar-refractivity contribution in [3.63, 3.8) is 0 Å². The third-order valence-corrected chi connectivity index (χ3v) is 6.42. The van der Waals surface area contributed by atoms with Gasteiger partial charge in [-0.1, -0.05) is 77.0 Å². The number of aryl methyl sites for hydroxylation is 1. The topological polar surface area (TPSA) is 49.4 Å². The molecule has 1 atom stereocenters. The van der Waals surface area contributed by atoms with Crippen LogP contribution in [0.5, 0.6) is 0 Å². The molecule has 1 N–H and O–H groups in total. The molecular formula is C26H42N2O2. The first-order valence-electron chi connectivity index (χ1n) is 12.2. The van der Waals surface area contributed by atoms with Crippen molar-refractivity contribution in [3.8, 4) is 0 Å². The quantitative estimate of drug-likeness (QED) is 0.434. The molecule has 1 saturated carbocycles. The molecule has 1 aromatic carbocycles. The van der Waals surface area contributed by atoms with Crippen molar-refractivity contribution in [2.24, 2.45) is 5.92 Å². The normalized spacial score (nSPS) is 15.6. The van der Waals surface area contributed by atoms with E-state index in [4.69, 9.17) is 0 Å². The van der Waals surface area contributed by atoms with E-state index in [9.17, 15) is 9.59 Å². The van der Waals surface area contributed by atoms with Gasteiger partial charge in [0.15, 0.2) is 0 Å². The number of nitrogens with zero attached hydrogens (tertiary/aromatic N) is 1. The van der Waals surface area contributed by atoms with Gasteiger partial charge in [0.2, 0.25) is 5.91 Å². The summed E-state index contributed by atoms with van der Waals surface area (Å²) in [5, 5.41) is 3.15. The second-order valence-electron chi connectivity index (χ2n) is 8.86. The molecule has 1 aliphatic rings. The van der Waals surface area contributed by atoms with Crippen LogP contribution in [0.4, 0.5) is 0 Å². The lowest BCUT2D eigenvalue weighted by molar-refractivity contribution is -0.128. The molecule has 1 unspecified atom stereocenters. The minimum absolute atomic E-state index is 0.0193. The van der Waals surface area contributed by atoms with Crippen LogP contribution in [-0.2, 0) is 4.79 Å². The summed E-state index contributed by atoms with van der Waals surface area (Å²) in [4.78, 5) is 29.0. The van der Waals surface area contributed by atoms with Gasteiger partial charge in [0.25, 0.3) is 5.91 Å². The summed E-state index contributed by atoms with van der Waals surface area (Å²) in [5.74, 6) is 0.332. The van der Waals surface area contributed by atoms with Crippen LogP contribution in [0.1, 0.15) is 100 Å². The van der Waals surface area contributed by atoms with E-state index in [1.54, 1.807) is 0 Å². The zero-order valence-corrected chi connectivity index (χ0v) is 19.4. The summed E-state index contributed by atoms with van der Waals surface area (Å²) in [7, 11) is 0. The third kappa shape index (κ3) is 7.14. The van der Waals surface area contributed by atoms with Crippen LogP contribution in [0.2, 0.25) is 0 Å². The largest absolute Gasteiger partial charge is 0.354 e. The van der Waals surface area contributed by atoms with Crippen LogP contribution >= 0.6 is 0 Å². The highest BCUT2D eigenvalue weighted by atomic mass is 16.2. The fourth-order valence-electron chi connectivity index (χ4n) is 4.60. The van der Waals surface area contributed by atoms with E-state index in [1.807, 2.05) is 36.1 Å². The smallest absolute Gasteiger partial charge is 0.254 e. The molecule has 1 aliphatic carbocycles. The Morgan fingerprint density at radius 3 is 2.37 bits per heavy atom. The predicted octanol–water partition coefficient (Wildman–Crippen LogP) is 5.88. The molecule has 0 radical (unpaired) electrons. The van der Waals surface area contributed by atoms with Crippen molar-refractivity contribution in [1.29, 1.82) is 0 Å². The number of rotatable bonds is 12. The van der Waals surface area contributed by atoms with Gasteiger partial charge < -0.3 is 10.2 Å². The molecule has 1 aromatic rings. The van der Waals surface area contributed by atoms with E-state index < -0.39 is 0 Å². The fourth-order valence-corrected chi connectivity index (χ4v) is 4.60. The predicted molar refractivity (Wildman–Crippen MR) is 125 cm³/mol. The van der Waals surface area contributed by atoms with Gasteiger partial charge in [-0.3, -0.25) is 9.59 Å². The molecule has 0 spiro atoms. The highest BCUT2D eigenvalue weighted by Crippen LogP contribution is 2.31. The van der Waals surface area contributed by atoms with Crippen LogP contribution in [0.15, 0.2) is 24.3 Å². The van der Waals surface area contributed by atoms with Crippen molar-refractivity contribution >= 4 is 11.8 Å². The average molecular weight is 415 g/mol. The summed E-state index contributed by atoms with van der Waals surface area (Å²) in [5.41, 5.74) is 1.71. The molecule has 0 aliphatic heterocycles. The number of amides is 2. The Hall–Kier alpha value is -1.84. The molecule has 0 heterocycles. The monoisotopic (exact) mass is 414 g/mol. The molecule has 0 aromatic heterocycles. The maximum absolute atomic E-state index is 13.7. The number of carbonyl (C=O) groups excluding carboxylic acids is 2. The third-order valence-electron chi connectivity index (χ3n) is 6.42. The minimum Gasteiger partial charge on any atom is -0.354 e. The highest BCUT2D eigenvalue weighted by molar-refractivity contribution is 5.98. The lowest BCUT2D eigenvalue weighted by atomic mass is 9.82. The van der Waals surface area contributed by atoms with E-state index in [2.05, 4.69) is 19.2 Å². The summed E-state index contributed by atoms with van der Waals surface area (Å²) < 4.78 is 0. The second kappa shape index (κ2) is 13.5. The molecule has 1 fully saturated rings. The van der Waals surface area contributed by atoms with E-state index in [0.717, 1.165) is 68.9 Å². The van der Waals surface area contributed by atoms with Crippen molar-refractivity contribution in [2.75, 3.05) is 13.1 Å². The molecular weight excluding hydrogens is 372 g/mol. The van der Waals surface area contributed by atoms with Crippen LogP contribution in [0, 0.1) is 12.8 Å². The van der Waals surface area contributed by atoms with E-state index in [0.29, 0.717) is 13.1 Å². The lowest BCUT2D eigenvalue weighted by Crippen LogP contribution is -2.54. The molecule has 4 nitrogen and oxygen atoms in total. The molecule has 168 valence electrons. The molecule has 4 heteroatoms. The lowest BCUT2D eigenvalue weighted by Gasteiger charge is -2.38. The number of unbranched alkanes of at least 4 members (excludes halogenated alkanes) is 4. The zero-order valence-electron chi connectivity index (χ0n) is 19.4. The van der Waals surface area contributed by atoms with Gasteiger partial charge in [0, 0.05) is 18.7 Å². The fraction of sp³-hybridized carbons (Fsp3) is 0.692. The molecule has 2 amide bonds. The van der Waals surface area contributed by atoms with Crippen molar-refractivity contribution in [1.82, 2.24) is 10.2 Å². The van der Waals surface area contributed by atoms with Crippen molar-refractivity contribution in [2.45, 2.75) is 97.4 Å². The van der Waals surface area contributed by atoms with Crippen molar-refractivity contribution in [3.05, 3.63) is 35.4 Å². The van der Waals surface area contributed by atoms with Gasteiger partial charge in [-0.25, -0.2) is 0 Å². The zero-order chi connectivity index (χ0) is 21.8. The Labute approximate surface area is 183 Å². The van der Waals surface area contributed by atoms with Crippen molar-refractivity contribution < 1.29 is 9.59 Å². The van der Waals surface area contributed by atoms with Gasteiger partial charge in [0.1, 0.15) is 6.04 Å². The van der Waals surface area contributed by atoms with Gasteiger partial charge in [-0.2, -0.15) is 0 Å².